The fourth-order valence-corrected chi connectivity index (χ4v) is 4.93. The molecule has 4 unspecified atom stereocenters. The molecule has 5 nitrogen and oxygen atoms in total. The molecule has 0 aliphatic carbocycles. The van der Waals surface area contributed by atoms with E-state index in [0.29, 0.717) is 5.56 Å². The fourth-order valence-electron chi connectivity index (χ4n) is 4.93. The molecule has 2 amide bonds. The van der Waals surface area contributed by atoms with Gasteiger partial charge in [-0.2, -0.15) is 0 Å². The van der Waals surface area contributed by atoms with Crippen LogP contribution in [0.3, 0.4) is 0 Å². The van der Waals surface area contributed by atoms with E-state index in [1.165, 1.54) is 6.92 Å². The molecule has 3 aromatic rings. The smallest absolute Gasteiger partial charge is 0.243 e. The summed E-state index contributed by atoms with van der Waals surface area (Å²) in [6.07, 6.45) is 0. The summed E-state index contributed by atoms with van der Waals surface area (Å²) < 4.78 is 0. The standard InChI is InChI=1S/C27H26N2O3/c1-18(30)29-24(20-14-8-4-9-15-20)23(26(31)21-16-10-5-11-17-21)22(25(29)27(32)28-2)19-12-6-3-7-13-19/h3-17,22-25H,1-2H3,(H,28,32). The van der Waals surface area contributed by atoms with Crippen LogP contribution in [-0.2, 0) is 9.59 Å². The average molecular weight is 427 g/mol. The van der Waals surface area contributed by atoms with E-state index >= 15 is 0 Å². The monoisotopic (exact) mass is 426 g/mol. The molecular weight excluding hydrogens is 400 g/mol. The first-order valence-electron chi connectivity index (χ1n) is 10.7. The average Bonchev–Trinajstić information content (AvgIpc) is 3.21. The zero-order chi connectivity index (χ0) is 22.7. The van der Waals surface area contributed by atoms with Gasteiger partial charge in [0.25, 0.3) is 0 Å². The molecule has 0 spiro atoms. The third-order valence-corrected chi connectivity index (χ3v) is 6.23. The van der Waals surface area contributed by atoms with Gasteiger partial charge in [0, 0.05) is 25.5 Å². The van der Waals surface area contributed by atoms with Gasteiger partial charge in [0.2, 0.25) is 11.8 Å². The highest BCUT2D eigenvalue weighted by Crippen LogP contribution is 2.51. The Bertz CT molecular complexity index is 1100. The Morgan fingerprint density at radius 1 is 0.750 bits per heavy atom. The van der Waals surface area contributed by atoms with E-state index < -0.39 is 23.9 Å². The highest BCUT2D eigenvalue weighted by molar-refractivity contribution is 6.01. The molecule has 32 heavy (non-hydrogen) atoms. The molecule has 0 radical (unpaired) electrons. The molecular formula is C27H26N2O3. The second-order valence-corrected chi connectivity index (χ2v) is 8.03. The van der Waals surface area contributed by atoms with E-state index in [-0.39, 0.29) is 17.6 Å². The quantitative estimate of drug-likeness (QED) is 0.628. The van der Waals surface area contributed by atoms with Gasteiger partial charge in [0.05, 0.1) is 12.0 Å². The van der Waals surface area contributed by atoms with Crippen LogP contribution < -0.4 is 5.32 Å². The number of nitrogens with zero attached hydrogens (tertiary/aromatic N) is 1. The number of ketones is 1. The van der Waals surface area contributed by atoms with Crippen molar-refractivity contribution in [3.05, 3.63) is 108 Å². The lowest BCUT2D eigenvalue weighted by molar-refractivity contribution is -0.139. The molecule has 0 saturated carbocycles. The molecule has 3 aromatic carbocycles. The van der Waals surface area contributed by atoms with Crippen molar-refractivity contribution in [3.8, 4) is 0 Å². The molecule has 1 saturated heterocycles. The van der Waals surface area contributed by atoms with Crippen molar-refractivity contribution in [3.63, 3.8) is 0 Å². The summed E-state index contributed by atoms with van der Waals surface area (Å²) in [5.74, 6) is -1.70. The lowest BCUT2D eigenvalue weighted by Crippen LogP contribution is -2.47. The summed E-state index contributed by atoms with van der Waals surface area (Å²) in [6.45, 7) is 1.46. The minimum atomic E-state index is -0.803. The molecule has 0 bridgehead atoms. The van der Waals surface area contributed by atoms with Crippen LogP contribution >= 0.6 is 0 Å². The third-order valence-electron chi connectivity index (χ3n) is 6.23. The van der Waals surface area contributed by atoms with Gasteiger partial charge in [-0.3, -0.25) is 14.4 Å². The number of likely N-dealkylation sites (N-methyl/N-ethyl adjacent to an activating group) is 1. The molecule has 1 heterocycles. The Balaban J connectivity index is 1.97. The van der Waals surface area contributed by atoms with Gasteiger partial charge >= 0.3 is 0 Å². The Morgan fingerprint density at radius 2 is 1.25 bits per heavy atom. The van der Waals surface area contributed by atoms with Gasteiger partial charge in [0.1, 0.15) is 6.04 Å². The molecule has 1 N–H and O–H groups in total. The van der Waals surface area contributed by atoms with Crippen molar-refractivity contribution in [2.24, 2.45) is 5.92 Å². The summed E-state index contributed by atoms with van der Waals surface area (Å²) in [6, 6.07) is 26.8. The summed E-state index contributed by atoms with van der Waals surface area (Å²) in [7, 11) is 1.56. The predicted molar refractivity (Wildman–Crippen MR) is 123 cm³/mol. The second kappa shape index (κ2) is 9.18. The van der Waals surface area contributed by atoms with Crippen molar-refractivity contribution in [1.82, 2.24) is 10.2 Å². The van der Waals surface area contributed by atoms with E-state index in [0.717, 1.165) is 11.1 Å². The maximum Gasteiger partial charge on any atom is 0.243 e. The molecule has 0 aromatic heterocycles. The van der Waals surface area contributed by atoms with E-state index in [9.17, 15) is 14.4 Å². The number of hydrogen-bond donors (Lipinski definition) is 1. The Labute approximate surface area is 188 Å². The first-order valence-corrected chi connectivity index (χ1v) is 10.7. The second-order valence-electron chi connectivity index (χ2n) is 8.03. The van der Waals surface area contributed by atoms with Crippen LogP contribution in [0.5, 0.6) is 0 Å². The van der Waals surface area contributed by atoms with Crippen LogP contribution in [0, 0.1) is 5.92 Å². The number of carbonyl (C=O) groups excluding carboxylic acids is 3. The van der Waals surface area contributed by atoms with Gasteiger partial charge in [-0.25, -0.2) is 0 Å². The summed E-state index contributed by atoms with van der Waals surface area (Å²) in [5, 5.41) is 2.72. The lowest BCUT2D eigenvalue weighted by atomic mass is 9.76. The minimum Gasteiger partial charge on any atom is -0.357 e. The van der Waals surface area contributed by atoms with E-state index in [1.807, 2.05) is 78.9 Å². The van der Waals surface area contributed by atoms with Crippen LogP contribution in [0.25, 0.3) is 0 Å². The molecule has 4 rings (SSSR count). The summed E-state index contributed by atoms with van der Waals surface area (Å²) in [5.41, 5.74) is 2.27. The number of nitrogens with one attached hydrogen (secondary N) is 1. The maximum absolute atomic E-state index is 14.0. The zero-order valence-electron chi connectivity index (χ0n) is 18.1. The van der Waals surface area contributed by atoms with Crippen molar-refractivity contribution >= 4 is 17.6 Å². The van der Waals surface area contributed by atoms with Gasteiger partial charge in [0.15, 0.2) is 5.78 Å². The topological polar surface area (TPSA) is 66.5 Å². The van der Waals surface area contributed by atoms with Crippen LogP contribution in [0.15, 0.2) is 91.0 Å². The molecule has 1 aliphatic heterocycles. The minimum absolute atomic E-state index is 0.0778. The predicted octanol–water partition coefficient (Wildman–Crippen LogP) is 3.99. The number of likely N-dealkylation sites (tertiary alicyclic amines) is 1. The SMILES string of the molecule is CNC(=O)C1C(c2ccccc2)C(C(=O)c2ccccc2)C(c2ccccc2)N1C(C)=O. The number of hydrogen-bond acceptors (Lipinski definition) is 3. The Hall–Kier alpha value is -3.73. The van der Waals surface area contributed by atoms with E-state index in [4.69, 9.17) is 0 Å². The first-order chi connectivity index (χ1) is 15.5. The highest BCUT2D eigenvalue weighted by atomic mass is 16.2. The number of rotatable bonds is 5. The Morgan fingerprint density at radius 3 is 1.75 bits per heavy atom. The van der Waals surface area contributed by atoms with E-state index in [1.54, 1.807) is 24.1 Å². The number of Topliss-reactive ketones (excluding diaryl/α,β-unsaturated/α-hetero) is 1. The maximum atomic E-state index is 14.0. The van der Waals surface area contributed by atoms with Crippen LogP contribution in [0.1, 0.15) is 40.4 Å². The highest BCUT2D eigenvalue weighted by Gasteiger charge is 2.56. The number of amides is 2. The van der Waals surface area contributed by atoms with Crippen molar-refractivity contribution < 1.29 is 14.4 Å². The fraction of sp³-hybridized carbons (Fsp3) is 0.222. The molecule has 1 aliphatic rings. The van der Waals surface area contributed by atoms with Crippen LogP contribution in [0.2, 0.25) is 0 Å². The van der Waals surface area contributed by atoms with Gasteiger partial charge < -0.3 is 10.2 Å². The van der Waals surface area contributed by atoms with Crippen LogP contribution in [-0.4, -0.2) is 35.6 Å². The van der Waals surface area contributed by atoms with Gasteiger partial charge in [-0.05, 0) is 11.1 Å². The number of benzene rings is 3. The van der Waals surface area contributed by atoms with Crippen molar-refractivity contribution in [1.29, 1.82) is 0 Å². The molecule has 4 atom stereocenters. The summed E-state index contributed by atoms with van der Waals surface area (Å²) in [4.78, 5) is 41.7. The van der Waals surface area contributed by atoms with Crippen molar-refractivity contribution in [2.45, 2.75) is 24.9 Å². The normalized spacial score (nSPS) is 22.4. The summed E-state index contributed by atoms with van der Waals surface area (Å²) >= 11 is 0. The van der Waals surface area contributed by atoms with E-state index in [2.05, 4.69) is 5.32 Å². The van der Waals surface area contributed by atoms with Crippen LogP contribution in [0.4, 0.5) is 0 Å². The van der Waals surface area contributed by atoms with Gasteiger partial charge in [-0.15, -0.1) is 0 Å². The van der Waals surface area contributed by atoms with Gasteiger partial charge in [-0.1, -0.05) is 91.0 Å². The van der Waals surface area contributed by atoms with Crippen molar-refractivity contribution in [2.75, 3.05) is 7.05 Å². The zero-order valence-corrected chi connectivity index (χ0v) is 18.1. The molecule has 5 heteroatoms. The molecule has 162 valence electrons. The largest absolute Gasteiger partial charge is 0.357 e. The lowest BCUT2D eigenvalue weighted by Gasteiger charge is -2.30. The molecule has 1 fully saturated rings. The number of carbonyl (C=O) groups is 3. The third kappa shape index (κ3) is 3.82. The Kier molecular flexibility index (Phi) is 6.17. The first kappa shape index (κ1) is 21.5.